The summed E-state index contributed by atoms with van der Waals surface area (Å²) in [6.07, 6.45) is 1.64. The van der Waals surface area contributed by atoms with Gasteiger partial charge in [-0.1, -0.05) is 22.9 Å². The summed E-state index contributed by atoms with van der Waals surface area (Å²) >= 11 is 3.23. The molecule has 1 atom stereocenters. The molecule has 0 saturated carbocycles. The van der Waals surface area contributed by atoms with E-state index in [-0.39, 0.29) is 6.10 Å². The standard InChI is InChI=1S/C5H11BrO/c1-2-5(7)3-4-6/h5,7H,2-4H2,1H3. The van der Waals surface area contributed by atoms with Crippen molar-refractivity contribution in [1.82, 2.24) is 0 Å². The van der Waals surface area contributed by atoms with Crippen molar-refractivity contribution in [2.24, 2.45) is 0 Å². The summed E-state index contributed by atoms with van der Waals surface area (Å²) in [4.78, 5) is 0. The zero-order valence-corrected chi connectivity index (χ0v) is 6.11. The van der Waals surface area contributed by atoms with Crippen LogP contribution in [0.4, 0.5) is 0 Å². The van der Waals surface area contributed by atoms with Crippen LogP contribution < -0.4 is 0 Å². The summed E-state index contributed by atoms with van der Waals surface area (Å²) in [6, 6.07) is 0. The van der Waals surface area contributed by atoms with Gasteiger partial charge in [-0.05, 0) is 12.8 Å². The van der Waals surface area contributed by atoms with E-state index in [2.05, 4.69) is 15.9 Å². The first-order valence-corrected chi connectivity index (χ1v) is 3.67. The molecule has 1 nitrogen and oxygen atoms in total. The van der Waals surface area contributed by atoms with Gasteiger partial charge in [-0.15, -0.1) is 0 Å². The number of hydrogen-bond donors (Lipinski definition) is 1. The van der Waals surface area contributed by atoms with Crippen LogP contribution in [-0.4, -0.2) is 16.5 Å². The first kappa shape index (κ1) is 7.44. The van der Waals surface area contributed by atoms with E-state index in [1.54, 1.807) is 0 Å². The molecule has 44 valence electrons. The van der Waals surface area contributed by atoms with Crippen molar-refractivity contribution in [2.45, 2.75) is 25.9 Å². The minimum atomic E-state index is -0.0978. The van der Waals surface area contributed by atoms with Crippen LogP contribution in [0.2, 0.25) is 0 Å². The van der Waals surface area contributed by atoms with Crippen LogP contribution in [0, 0.1) is 0 Å². The number of rotatable bonds is 3. The zero-order valence-electron chi connectivity index (χ0n) is 4.52. The molecule has 1 unspecified atom stereocenters. The SMILES string of the molecule is CCC(O)CCBr. The second kappa shape index (κ2) is 4.60. The normalized spacial score (nSPS) is 14.1. The highest BCUT2D eigenvalue weighted by molar-refractivity contribution is 9.09. The monoisotopic (exact) mass is 166 g/mol. The maximum absolute atomic E-state index is 8.83. The molecule has 2 heteroatoms. The van der Waals surface area contributed by atoms with Crippen LogP contribution in [-0.2, 0) is 0 Å². The second-order valence-electron chi connectivity index (χ2n) is 1.54. The van der Waals surface area contributed by atoms with Crippen LogP contribution in [0.5, 0.6) is 0 Å². The summed E-state index contributed by atoms with van der Waals surface area (Å²) < 4.78 is 0. The van der Waals surface area contributed by atoms with Crippen LogP contribution >= 0.6 is 15.9 Å². The molecule has 0 heterocycles. The highest BCUT2D eigenvalue weighted by atomic mass is 79.9. The van der Waals surface area contributed by atoms with Gasteiger partial charge < -0.3 is 5.11 Å². The molecular formula is C5H11BrO. The Kier molecular flexibility index (Phi) is 4.88. The Morgan fingerprint density at radius 3 is 2.43 bits per heavy atom. The average molecular weight is 167 g/mol. The maximum Gasteiger partial charge on any atom is 0.0545 e. The van der Waals surface area contributed by atoms with Crippen molar-refractivity contribution in [2.75, 3.05) is 5.33 Å². The van der Waals surface area contributed by atoms with Gasteiger partial charge in [0, 0.05) is 5.33 Å². The van der Waals surface area contributed by atoms with Gasteiger partial charge in [-0.25, -0.2) is 0 Å². The van der Waals surface area contributed by atoms with E-state index >= 15 is 0 Å². The molecule has 0 aromatic heterocycles. The molecule has 1 N–H and O–H groups in total. The lowest BCUT2D eigenvalue weighted by Crippen LogP contribution is -2.03. The molecule has 0 amide bonds. The van der Waals surface area contributed by atoms with Gasteiger partial charge >= 0.3 is 0 Å². The van der Waals surface area contributed by atoms with Crippen molar-refractivity contribution in [3.8, 4) is 0 Å². The molecule has 0 aromatic rings. The molecule has 0 aromatic carbocycles. The van der Waals surface area contributed by atoms with Crippen molar-refractivity contribution in [1.29, 1.82) is 0 Å². The lowest BCUT2D eigenvalue weighted by Gasteiger charge is -2.01. The fraction of sp³-hybridized carbons (Fsp3) is 1.00. The smallest absolute Gasteiger partial charge is 0.0545 e. The van der Waals surface area contributed by atoms with Crippen molar-refractivity contribution < 1.29 is 5.11 Å². The Bertz CT molecular complexity index is 39.1. The molecule has 0 saturated heterocycles. The van der Waals surface area contributed by atoms with E-state index in [1.807, 2.05) is 6.92 Å². The summed E-state index contributed by atoms with van der Waals surface area (Å²) in [6.45, 7) is 1.98. The van der Waals surface area contributed by atoms with Gasteiger partial charge in [-0.3, -0.25) is 0 Å². The molecule has 0 radical (unpaired) electrons. The molecule has 0 aliphatic rings. The Labute approximate surface area is 52.9 Å². The predicted molar refractivity (Wildman–Crippen MR) is 34.7 cm³/mol. The van der Waals surface area contributed by atoms with E-state index in [4.69, 9.17) is 5.11 Å². The summed E-state index contributed by atoms with van der Waals surface area (Å²) in [7, 11) is 0. The van der Waals surface area contributed by atoms with Gasteiger partial charge in [0.25, 0.3) is 0 Å². The average Bonchev–Trinajstić information content (AvgIpc) is 1.68. The minimum Gasteiger partial charge on any atom is -0.393 e. The van der Waals surface area contributed by atoms with Gasteiger partial charge in [0.15, 0.2) is 0 Å². The van der Waals surface area contributed by atoms with Gasteiger partial charge in [-0.2, -0.15) is 0 Å². The first-order chi connectivity index (χ1) is 3.31. The lowest BCUT2D eigenvalue weighted by molar-refractivity contribution is 0.168. The molecule has 0 rings (SSSR count). The molecule has 0 aliphatic carbocycles. The minimum absolute atomic E-state index is 0.0978. The number of hydrogen-bond acceptors (Lipinski definition) is 1. The van der Waals surface area contributed by atoms with Gasteiger partial charge in [0.1, 0.15) is 0 Å². The lowest BCUT2D eigenvalue weighted by atomic mass is 10.2. The first-order valence-electron chi connectivity index (χ1n) is 2.55. The third-order valence-corrected chi connectivity index (χ3v) is 1.37. The Morgan fingerprint density at radius 2 is 2.29 bits per heavy atom. The molecule has 0 aliphatic heterocycles. The molecule has 0 fully saturated rings. The van der Waals surface area contributed by atoms with Crippen molar-refractivity contribution in [3.05, 3.63) is 0 Å². The fourth-order valence-electron chi connectivity index (χ4n) is 0.330. The maximum atomic E-state index is 8.83. The Balaban J connectivity index is 2.83. The van der Waals surface area contributed by atoms with Crippen LogP contribution in [0.3, 0.4) is 0 Å². The second-order valence-corrected chi connectivity index (χ2v) is 2.33. The number of halogens is 1. The topological polar surface area (TPSA) is 20.2 Å². The summed E-state index contributed by atoms with van der Waals surface area (Å²) in [5.41, 5.74) is 0. The van der Waals surface area contributed by atoms with E-state index in [0.717, 1.165) is 18.2 Å². The number of aliphatic hydroxyl groups is 1. The highest BCUT2D eigenvalue weighted by Gasteiger charge is 1.95. The molecule has 0 spiro atoms. The zero-order chi connectivity index (χ0) is 5.70. The van der Waals surface area contributed by atoms with E-state index in [9.17, 15) is 0 Å². The third-order valence-electron chi connectivity index (χ3n) is 0.914. The summed E-state index contributed by atoms with van der Waals surface area (Å²) in [5, 5.41) is 9.73. The highest BCUT2D eigenvalue weighted by Crippen LogP contribution is 1.97. The molecular weight excluding hydrogens is 156 g/mol. The molecule has 0 bridgehead atoms. The quantitative estimate of drug-likeness (QED) is 0.632. The summed E-state index contributed by atoms with van der Waals surface area (Å²) in [5.74, 6) is 0. The Hall–Kier alpha value is 0.440. The van der Waals surface area contributed by atoms with Crippen LogP contribution in [0.1, 0.15) is 19.8 Å². The van der Waals surface area contributed by atoms with Crippen LogP contribution in [0.15, 0.2) is 0 Å². The third kappa shape index (κ3) is 4.29. The largest absolute Gasteiger partial charge is 0.393 e. The van der Waals surface area contributed by atoms with E-state index in [0.29, 0.717) is 0 Å². The number of aliphatic hydroxyl groups excluding tert-OH is 1. The van der Waals surface area contributed by atoms with Crippen LogP contribution in [0.25, 0.3) is 0 Å². The number of alkyl halides is 1. The van der Waals surface area contributed by atoms with Crippen molar-refractivity contribution in [3.63, 3.8) is 0 Å². The van der Waals surface area contributed by atoms with E-state index in [1.165, 1.54) is 0 Å². The Morgan fingerprint density at radius 1 is 1.71 bits per heavy atom. The van der Waals surface area contributed by atoms with Crippen molar-refractivity contribution >= 4 is 15.9 Å². The van der Waals surface area contributed by atoms with Gasteiger partial charge in [0.05, 0.1) is 6.10 Å². The molecule has 7 heavy (non-hydrogen) atoms. The van der Waals surface area contributed by atoms with Gasteiger partial charge in [0.2, 0.25) is 0 Å². The van der Waals surface area contributed by atoms with E-state index < -0.39 is 0 Å². The predicted octanol–water partition coefficient (Wildman–Crippen LogP) is 1.54. The fourth-order valence-corrected chi connectivity index (χ4v) is 0.859.